The van der Waals surface area contributed by atoms with Crippen LogP contribution in [0.4, 0.5) is 4.39 Å². The minimum Gasteiger partial charge on any atom is -0.340 e. The van der Waals surface area contributed by atoms with Crippen LogP contribution in [-0.4, -0.2) is 23.4 Å². The van der Waals surface area contributed by atoms with Gasteiger partial charge in [-0.15, -0.1) is 0 Å². The van der Waals surface area contributed by atoms with E-state index in [0.717, 1.165) is 18.5 Å². The van der Waals surface area contributed by atoms with Crippen LogP contribution in [0.3, 0.4) is 0 Å². The highest BCUT2D eigenvalue weighted by Crippen LogP contribution is 2.48. The van der Waals surface area contributed by atoms with Crippen molar-refractivity contribution in [2.24, 2.45) is 11.8 Å². The molecule has 0 aliphatic heterocycles. The zero-order valence-electron chi connectivity index (χ0n) is 12.8. The maximum atomic E-state index is 12.9. The van der Waals surface area contributed by atoms with Gasteiger partial charge in [0.25, 0.3) is 0 Å². The fraction of sp³-hybridized carbons (Fsp3) is 0.588. The summed E-state index contributed by atoms with van der Waals surface area (Å²) in [6, 6.07) is 6.82. The molecular formula is C17H24FNO. The van der Waals surface area contributed by atoms with Gasteiger partial charge in [0.15, 0.2) is 0 Å². The molecule has 0 bridgehead atoms. The lowest BCUT2D eigenvalue weighted by atomic mass is 10.0. The Kier molecular flexibility index (Phi) is 4.46. The number of carbonyl (C=O) groups excluding carboxylic acids is 1. The van der Waals surface area contributed by atoms with E-state index in [1.807, 2.05) is 11.8 Å². The summed E-state index contributed by atoms with van der Waals surface area (Å²) in [7, 11) is 0. The highest BCUT2D eigenvalue weighted by atomic mass is 19.1. The zero-order chi connectivity index (χ0) is 14.9. The van der Waals surface area contributed by atoms with E-state index in [1.54, 1.807) is 12.1 Å². The molecule has 1 amide bonds. The molecule has 2 nitrogen and oxygen atoms in total. The summed E-state index contributed by atoms with van der Waals surface area (Å²) in [5.74, 6) is 0.851. The van der Waals surface area contributed by atoms with Crippen LogP contribution in [0.2, 0.25) is 0 Å². The van der Waals surface area contributed by atoms with Crippen molar-refractivity contribution in [2.45, 2.75) is 46.1 Å². The van der Waals surface area contributed by atoms with Crippen LogP contribution in [0, 0.1) is 17.7 Å². The van der Waals surface area contributed by atoms with Gasteiger partial charge in [0, 0.05) is 18.5 Å². The molecule has 1 fully saturated rings. The first-order chi connectivity index (χ1) is 9.45. The van der Waals surface area contributed by atoms with Gasteiger partial charge in [-0.25, -0.2) is 4.39 Å². The average Bonchev–Trinajstić information content (AvgIpc) is 3.20. The fourth-order valence-electron chi connectivity index (χ4n) is 2.76. The Morgan fingerprint density at radius 1 is 1.30 bits per heavy atom. The molecule has 0 spiro atoms. The molecule has 1 saturated carbocycles. The molecule has 110 valence electrons. The Bertz CT molecular complexity index is 468. The largest absolute Gasteiger partial charge is 0.340 e. The van der Waals surface area contributed by atoms with Crippen molar-refractivity contribution < 1.29 is 9.18 Å². The number of halogens is 1. The van der Waals surface area contributed by atoms with Crippen LogP contribution in [0.5, 0.6) is 0 Å². The highest BCUT2D eigenvalue weighted by Gasteiger charge is 2.46. The van der Waals surface area contributed by atoms with Gasteiger partial charge in [0.1, 0.15) is 5.82 Å². The van der Waals surface area contributed by atoms with Crippen LogP contribution >= 0.6 is 0 Å². The summed E-state index contributed by atoms with van der Waals surface area (Å²) in [6.07, 6.45) is 0.895. The zero-order valence-corrected chi connectivity index (χ0v) is 12.8. The second-order valence-corrected chi connectivity index (χ2v) is 6.11. The number of amides is 1. The van der Waals surface area contributed by atoms with Crippen molar-refractivity contribution >= 4 is 5.91 Å². The maximum Gasteiger partial charge on any atom is 0.226 e. The second-order valence-electron chi connectivity index (χ2n) is 6.11. The normalized spacial score (nSPS) is 22.7. The van der Waals surface area contributed by atoms with Gasteiger partial charge in [-0.2, -0.15) is 0 Å². The van der Waals surface area contributed by atoms with Gasteiger partial charge in [-0.1, -0.05) is 26.0 Å². The molecule has 20 heavy (non-hydrogen) atoms. The lowest BCUT2D eigenvalue weighted by Gasteiger charge is -2.31. The minimum absolute atomic E-state index is 0.0848. The standard InChI is InChI=1S/C17H24FNO/c1-5-19(12(4)11(2)3)17(20)16-10-15(16)13-6-8-14(18)9-7-13/h6-9,11-12,15-16H,5,10H2,1-4H3. The Balaban J connectivity index is 2.03. The van der Waals surface area contributed by atoms with Gasteiger partial charge in [0.2, 0.25) is 5.91 Å². The first-order valence-electron chi connectivity index (χ1n) is 7.51. The average molecular weight is 277 g/mol. The number of hydrogen-bond donors (Lipinski definition) is 0. The van der Waals surface area contributed by atoms with Crippen molar-refractivity contribution in [2.75, 3.05) is 6.54 Å². The molecular weight excluding hydrogens is 253 g/mol. The van der Waals surface area contributed by atoms with Gasteiger partial charge in [-0.05, 0) is 49.8 Å². The summed E-state index contributed by atoms with van der Waals surface area (Å²) in [4.78, 5) is 14.6. The van der Waals surface area contributed by atoms with E-state index in [0.29, 0.717) is 5.92 Å². The van der Waals surface area contributed by atoms with Crippen molar-refractivity contribution in [3.8, 4) is 0 Å². The second kappa shape index (κ2) is 5.94. The van der Waals surface area contributed by atoms with Gasteiger partial charge >= 0.3 is 0 Å². The van der Waals surface area contributed by atoms with Crippen LogP contribution in [-0.2, 0) is 4.79 Å². The number of hydrogen-bond acceptors (Lipinski definition) is 1. The van der Waals surface area contributed by atoms with E-state index in [2.05, 4.69) is 20.8 Å². The third-order valence-corrected chi connectivity index (χ3v) is 4.49. The molecule has 3 heteroatoms. The number of benzene rings is 1. The lowest BCUT2D eigenvalue weighted by molar-refractivity contribution is -0.135. The molecule has 0 heterocycles. The van der Waals surface area contributed by atoms with Crippen molar-refractivity contribution in [3.05, 3.63) is 35.6 Å². The monoisotopic (exact) mass is 277 g/mol. The van der Waals surface area contributed by atoms with Crippen molar-refractivity contribution in [1.82, 2.24) is 4.90 Å². The van der Waals surface area contributed by atoms with E-state index in [1.165, 1.54) is 12.1 Å². The van der Waals surface area contributed by atoms with Gasteiger partial charge in [-0.3, -0.25) is 4.79 Å². The molecule has 3 unspecified atom stereocenters. The molecule has 1 aliphatic carbocycles. The summed E-state index contributed by atoms with van der Waals surface area (Å²) < 4.78 is 12.9. The van der Waals surface area contributed by atoms with Crippen LogP contribution in [0.25, 0.3) is 0 Å². The third-order valence-electron chi connectivity index (χ3n) is 4.49. The maximum absolute atomic E-state index is 12.9. The Labute approximate surface area is 121 Å². The summed E-state index contributed by atoms with van der Waals surface area (Å²) >= 11 is 0. The SMILES string of the molecule is CCN(C(=O)C1CC1c1ccc(F)cc1)C(C)C(C)C. The van der Waals surface area contributed by atoms with Gasteiger partial charge < -0.3 is 4.90 Å². The molecule has 1 aromatic rings. The number of nitrogens with zero attached hydrogens (tertiary/aromatic N) is 1. The van der Waals surface area contributed by atoms with E-state index >= 15 is 0 Å². The third kappa shape index (κ3) is 3.02. The minimum atomic E-state index is -0.221. The van der Waals surface area contributed by atoms with Crippen molar-refractivity contribution in [1.29, 1.82) is 0 Å². The topological polar surface area (TPSA) is 20.3 Å². The number of carbonyl (C=O) groups is 1. The molecule has 1 aliphatic rings. The lowest BCUT2D eigenvalue weighted by Crippen LogP contribution is -2.42. The van der Waals surface area contributed by atoms with Crippen LogP contribution < -0.4 is 0 Å². The predicted molar refractivity (Wildman–Crippen MR) is 78.9 cm³/mol. The Morgan fingerprint density at radius 2 is 1.90 bits per heavy atom. The van der Waals surface area contributed by atoms with E-state index in [9.17, 15) is 9.18 Å². The van der Waals surface area contributed by atoms with E-state index in [-0.39, 0.29) is 29.6 Å². The Hall–Kier alpha value is -1.38. The highest BCUT2D eigenvalue weighted by molar-refractivity contribution is 5.83. The molecule has 1 aromatic carbocycles. The molecule has 0 saturated heterocycles. The number of rotatable bonds is 5. The molecule has 0 aromatic heterocycles. The molecule has 0 N–H and O–H groups in total. The molecule has 3 atom stereocenters. The van der Waals surface area contributed by atoms with Crippen molar-refractivity contribution in [3.63, 3.8) is 0 Å². The predicted octanol–water partition coefficient (Wildman–Crippen LogP) is 3.82. The summed E-state index contributed by atoms with van der Waals surface area (Å²) in [5, 5.41) is 0. The first kappa shape index (κ1) is 15.0. The van der Waals surface area contributed by atoms with E-state index in [4.69, 9.17) is 0 Å². The Morgan fingerprint density at radius 3 is 2.40 bits per heavy atom. The van der Waals surface area contributed by atoms with Crippen LogP contribution in [0.15, 0.2) is 24.3 Å². The first-order valence-corrected chi connectivity index (χ1v) is 7.51. The quantitative estimate of drug-likeness (QED) is 0.801. The summed E-state index contributed by atoms with van der Waals surface area (Å²) in [5.41, 5.74) is 1.08. The van der Waals surface area contributed by atoms with Gasteiger partial charge in [0.05, 0.1) is 0 Å². The molecule has 2 rings (SSSR count). The smallest absolute Gasteiger partial charge is 0.226 e. The van der Waals surface area contributed by atoms with E-state index < -0.39 is 0 Å². The van der Waals surface area contributed by atoms with Crippen LogP contribution in [0.1, 0.15) is 45.6 Å². The summed E-state index contributed by atoms with van der Waals surface area (Å²) in [6.45, 7) is 9.19. The fourth-order valence-corrected chi connectivity index (χ4v) is 2.76. The molecule has 0 radical (unpaired) electrons.